The Balaban J connectivity index is 3.23. The molecule has 26 heavy (non-hydrogen) atoms. The van der Waals surface area contributed by atoms with E-state index in [1.807, 2.05) is 0 Å². The van der Waals surface area contributed by atoms with Crippen molar-refractivity contribution in [2.45, 2.75) is 76.6 Å². The molecule has 1 heterocycles. The van der Waals surface area contributed by atoms with E-state index in [0.717, 1.165) is 0 Å². The quantitative estimate of drug-likeness (QED) is 0.409. The third-order valence-electron chi connectivity index (χ3n) is 3.43. The smallest absolute Gasteiger partial charge is 0.389 e. The lowest BCUT2D eigenvalue weighted by atomic mass is 10.5. The van der Waals surface area contributed by atoms with Crippen molar-refractivity contribution < 1.29 is 42.8 Å². The molecular formula is C12H26F6O4Si4. The molecule has 0 atom stereocenters. The van der Waals surface area contributed by atoms with Crippen LogP contribution in [0, 0.1) is 0 Å². The first-order valence-electron chi connectivity index (χ1n) is 8.18. The molecule has 0 saturated carbocycles. The number of alkyl halides is 6. The van der Waals surface area contributed by atoms with Gasteiger partial charge in [-0.15, -0.1) is 0 Å². The molecule has 0 spiro atoms. The van der Waals surface area contributed by atoms with Gasteiger partial charge >= 0.3 is 46.6 Å². The molecular weight excluding hydrogens is 434 g/mol. The average Bonchev–Trinajstić information content (AvgIpc) is 2.26. The number of hydrogen-bond acceptors (Lipinski definition) is 4. The molecule has 0 radical (unpaired) electrons. The number of rotatable bonds is 4. The first kappa shape index (κ1) is 24.3. The first-order valence-corrected chi connectivity index (χ1v) is 18.9. The van der Waals surface area contributed by atoms with Gasteiger partial charge in [-0.05, 0) is 51.4 Å². The summed E-state index contributed by atoms with van der Waals surface area (Å²) in [4.78, 5) is 0. The van der Waals surface area contributed by atoms with Crippen LogP contribution in [0.5, 0.6) is 0 Å². The second-order valence-electron chi connectivity index (χ2n) is 7.75. The second kappa shape index (κ2) is 7.61. The van der Waals surface area contributed by atoms with Crippen LogP contribution in [0.3, 0.4) is 0 Å². The van der Waals surface area contributed by atoms with Gasteiger partial charge in [0, 0.05) is 12.8 Å². The molecule has 0 amide bonds. The fraction of sp³-hybridized carbons (Fsp3) is 1.00. The molecule has 1 saturated heterocycles. The van der Waals surface area contributed by atoms with Crippen molar-refractivity contribution in [3.05, 3.63) is 0 Å². The van der Waals surface area contributed by atoms with Gasteiger partial charge in [0.2, 0.25) is 0 Å². The standard InChI is InChI=1S/C12H26F6O4Si4/c1-23(2)19-24(3,4)21-26(9-7-11(13,14)15,10-8-12(16,17)18)22-25(5,6)20-23/h7-10H2,1-6H3. The summed E-state index contributed by atoms with van der Waals surface area (Å²) < 4.78 is 101. The molecule has 4 nitrogen and oxygen atoms in total. The zero-order chi connectivity index (χ0) is 20.7. The molecule has 0 aromatic heterocycles. The Morgan fingerprint density at radius 1 is 0.538 bits per heavy atom. The highest BCUT2D eigenvalue weighted by atomic mass is 28.5. The van der Waals surface area contributed by atoms with Gasteiger partial charge in [0.1, 0.15) is 0 Å². The van der Waals surface area contributed by atoms with E-state index in [-0.39, 0.29) is 0 Å². The summed E-state index contributed by atoms with van der Waals surface area (Å²) in [5.74, 6) is 0. The van der Waals surface area contributed by atoms with Crippen LogP contribution in [0.2, 0.25) is 51.4 Å². The highest BCUT2D eigenvalue weighted by Gasteiger charge is 2.56. The summed E-state index contributed by atoms with van der Waals surface area (Å²) in [6.45, 7) is 9.97. The van der Waals surface area contributed by atoms with E-state index in [1.165, 1.54) is 0 Å². The molecule has 0 aromatic rings. The molecule has 0 aromatic carbocycles. The van der Waals surface area contributed by atoms with Crippen molar-refractivity contribution in [2.24, 2.45) is 0 Å². The van der Waals surface area contributed by atoms with Crippen LogP contribution in [0.25, 0.3) is 0 Å². The van der Waals surface area contributed by atoms with E-state index in [0.29, 0.717) is 0 Å². The predicted molar refractivity (Wildman–Crippen MR) is 93.5 cm³/mol. The van der Waals surface area contributed by atoms with Crippen LogP contribution in [0.15, 0.2) is 0 Å². The zero-order valence-corrected chi connectivity index (χ0v) is 19.7. The molecule has 1 aliphatic rings. The third-order valence-corrected chi connectivity index (χ3v) is 20.2. The van der Waals surface area contributed by atoms with Gasteiger partial charge in [-0.3, -0.25) is 0 Å². The molecule has 156 valence electrons. The summed E-state index contributed by atoms with van der Waals surface area (Å²) >= 11 is 0. The summed E-state index contributed by atoms with van der Waals surface area (Å²) in [5.41, 5.74) is 0. The Morgan fingerprint density at radius 2 is 0.808 bits per heavy atom. The van der Waals surface area contributed by atoms with E-state index in [2.05, 4.69) is 0 Å². The van der Waals surface area contributed by atoms with Crippen molar-refractivity contribution in [1.29, 1.82) is 0 Å². The fourth-order valence-corrected chi connectivity index (χ4v) is 25.2. The van der Waals surface area contributed by atoms with Crippen molar-refractivity contribution in [2.75, 3.05) is 0 Å². The van der Waals surface area contributed by atoms with Crippen molar-refractivity contribution in [3.63, 3.8) is 0 Å². The van der Waals surface area contributed by atoms with Crippen molar-refractivity contribution in [3.8, 4) is 0 Å². The second-order valence-corrected chi connectivity index (χ2v) is 22.2. The minimum Gasteiger partial charge on any atom is -0.416 e. The lowest BCUT2D eigenvalue weighted by Crippen LogP contribution is -2.66. The SMILES string of the molecule is C[Si]1(C)O[Si](C)(C)O[Si](CCC(F)(F)F)(CCC(F)(F)F)O[Si](C)(C)O1. The molecule has 14 heteroatoms. The van der Waals surface area contributed by atoms with Gasteiger partial charge < -0.3 is 16.5 Å². The largest absolute Gasteiger partial charge is 0.416 e. The maximum absolute atomic E-state index is 12.8. The van der Waals surface area contributed by atoms with Gasteiger partial charge in [-0.2, -0.15) is 26.3 Å². The maximum atomic E-state index is 12.8. The summed E-state index contributed by atoms with van der Waals surface area (Å²) in [5, 5.41) is 0. The Hall–Kier alpha value is 0.288. The molecule has 0 unspecified atom stereocenters. The van der Waals surface area contributed by atoms with E-state index in [1.54, 1.807) is 39.3 Å². The van der Waals surface area contributed by atoms with Crippen LogP contribution >= 0.6 is 0 Å². The molecule has 0 N–H and O–H groups in total. The Kier molecular flexibility index (Phi) is 7.12. The van der Waals surface area contributed by atoms with Gasteiger partial charge in [-0.25, -0.2) is 0 Å². The first-order chi connectivity index (χ1) is 11.2. The molecule has 1 fully saturated rings. The van der Waals surface area contributed by atoms with E-state index in [4.69, 9.17) is 16.5 Å². The molecule has 1 rings (SSSR count). The van der Waals surface area contributed by atoms with Crippen LogP contribution in [0.4, 0.5) is 26.3 Å². The third kappa shape index (κ3) is 8.98. The van der Waals surface area contributed by atoms with Gasteiger partial charge in [0.25, 0.3) is 0 Å². The minimum atomic E-state index is -4.51. The molecule has 0 bridgehead atoms. The van der Waals surface area contributed by atoms with E-state index < -0.39 is 71.5 Å². The minimum absolute atomic E-state index is 0.603. The normalized spacial score (nSPS) is 25.4. The fourth-order valence-electron chi connectivity index (χ4n) is 3.16. The van der Waals surface area contributed by atoms with Crippen LogP contribution in [-0.4, -0.2) is 46.6 Å². The Morgan fingerprint density at radius 3 is 1.08 bits per heavy atom. The van der Waals surface area contributed by atoms with Crippen molar-refractivity contribution in [1.82, 2.24) is 0 Å². The lowest BCUT2D eigenvalue weighted by Gasteiger charge is -2.48. The Labute approximate surface area is 154 Å². The molecule has 1 aliphatic heterocycles. The van der Waals surface area contributed by atoms with Gasteiger partial charge in [0.15, 0.2) is 0 Å². The average molecular weight is 461 g/mol. The topological polar surface area (TPSA) is 36.9 Å². The monoisotopic (exact) mass is 460 g/mol. The highest BCUT2D eigenvalue weighted by molar-refractivity contribution is 6.93. The van der Waals surface area contributed by atoms with E-state index >= 15 is 0 Å². The number of hydrogen-bond donors (Lipinski definition) is 0. The highest BCUT2D eigenvalue weighted by Crippen LogP contribution is 2.39. The molecule has 0 aliphatic carbocycles. The van der Waals surface area contributed by atoms with Crippen LogP contribution in [-0.2, 0) is 16.5 Å². The summed E-state index contributed by atoms with van der Waals surface area (Å²) in [7, 11) is -12.6. The van der Waals surface area contributed by atoms with Gasteiger partial charge in [0.05, 0.1) is 0 Å². The zero-order valence-electron chi connectivity index (χ0n) is 15.7. The van der Waals surface area contributed by atoms with Crippen LogP contribution in [0.1, 0.15) is 12.8 Å². The Bertz CT molecular complexity index is 453. The predicted octanol–water partition coefficient (Wildman–Crippen LogP) is 5.52. The van der Waals surface area contributed by atoms with Gasteiger partial charge in [-0.1, -0.05) is 0 Å². The summed E-state index contributed by atoms with van der Waals surface area (Å²) in [6, 6.07) is -1.21. The maximum Gasteiger partial charge on any atom is 0.389 e. The number of halogens is 6. The van der Waals surface area contributed by atoms with Crippen molar-refractivity contribution >= 4 is 34.2 Å². The summed E-state index contributed by atoms with van der Waals surface area (Å²) in [6.07, 6.45) is -11.5. The van der Waals surface area contributed by atoms with E-state index in [9.17, 15) is 26.3 Å². The lowest BCUT2D eigenvalue weighted by molar-refractivity contribution is -0.133. The van der Waals surface area contributed by atoms with Crippen LogP contribution < -0.4 is 0 Å².